The molecule has 0 saturated heterocycles. The third kappa shape index (κ3) is 4.62. The standard InChI is InChI=1S/C24H22N2O4S/c1-28-18-11-10-16(15-20(18)29-2)12-13-25-23(27)22-21(17-7-4-3-5-8-17)26-24(31-22)19-9-6-14-30-19/h3-11,14-15H,12-13H2,1-2H3,(H,25,27). The highest BCUT2D eigenvalue weighted by atomic mass is 32.1. The quantitative estimate of drug-likeness (QED) is 0.420. The summed E-state index contributed by atoms with van der Waals surface area (Å²) in [7, 11) is 3.21. The number of amides is 1. The summed E-state index contributed by atoms with van der Waals surface area (Å²) in [5, 5.41) is 3.69. The number of methoxy groups -OCH3 is 2. The summed E-state index contributed by atoms with van der Waals surface area (Å²) in [6, 6.07) is 19.1. The fourth-order valence-corrected chi connectivity index (χ4v) is 4.18. The second-order valence-electron chi connectivity index (χ2n) is 6.74. The molecular weight excluding hydrogens is 412 g/mol. The minimum Gasteiger partial charge on any atom is -0.493 e. The maximum atomic E-state index is 13.0. The van der Waals surface area contributed by atoms with Gasteiger partial charge in [-0.25, -0.2) is 4.98 Å². The van der Waals surface area contributed by atoms with Crippen LogP contribution in [-0.2, 0) is 6.42 Å². The van der Waals surface area contributed by atoms with Crippen molar-refractivity contribution in [3.8, 4) is 33.5 Å². The van der Waals surface area contributed by atoms with E-state index >= 15 is 0 Å². The molecule has 4 rings (SSSR count). The molecule has 7 heteroatoms. The van der Waals surface area contributed by atoms with Gasteiger partial charge in [-0.1, -0.05) is 36.4 Å². The van der Waals surface area contributed by atoms with Gasteiger partial charge >= 0.3 is 0 Å². The number of nitrogens with zero attached hydrogens (tertiary/aromatic N) is 1. The third-order valence-corrected chi connectivity index (χ3v) is 5.83. The fraction of sp³-hybridized carbons (Fsp3) is 0.167. The minimum atomic E-state index is -0.158. The van der Waals surface area contributed by atoms with Crippen molar-refractivity contribution >= 4 is 17.2 Å². The molecule has 31 heavy (non-hydrogen) atoms. The molecule has 2 heterocycles. The molecule has 1 N–H and O–H groups in total. The smallest absolute Gasteiger partial charge is 0.263 e. The van der Waals surface area contributed by atoms with Crippen LogP contribution in [0.15, 0.2) is 71.3 Å². The van der Waals surface area contributed by atoms with Gasteiger partial charge in [0, 0.05) is 12.1 Å². The first-order chi connectivity index (χ1) is 15.2. The number of carbonyl (C=O) groups excluding carboxylic acids is 1. The molecule has 0 spiro atoms. The number of carbonyl (C=O) groups is 1. The van der Waals surface area contributed by atoms with Gasteiger partial charge in [-0.05, 0) is 36.2 Å². The number of hydrogen-bond donors (Lipinski definition) is 1. The normalized spacial score (nSPS) is 10.6. The molecule has 4 aromatic rings. The van der Waals surface area contributed by atoms with Crippen molar-refractivity contribution in [1.29, 1.82) is 0 Å². The molecule has 2 aromatic carbocycles. The van der Waals surface area contributed by atoms with Crippen molar-refractivity contribution in [2.45, 2.75) is 6.42 Å². The molecule has 158 valence electrons. The van der Waals surface area contributed by atoms with Crippen LogP contribution in [0.3, 0.4) is 0 Å². The molecule has 2 aromatic heterocycles. The van der Waals surface area contributed by atoms with Crippen molar-refractivity contribution in [3.05, 3.63) is 77.4 Å². The Bertz CT molecular complexity index is 1150. The largest absolute Gasteiger partial charge is 0.493 e. The second kappa shape index (κ2) is 9.49. The van der Waals surface area contributed by atoms with Gasteiger partial charge in [-0.15, -0.1) is 11.3 Å². The van der Waals surface area contributed by atoms with Gasteiger partial charge in [-0.3, -0.25) is 4.79 Å². The number of rotatable bonds is 8. The van der Waals surface area contributed by atoms with Gasteiger partial charge in [0.05, 0.1) is 26.2 Å². The highest BCUT2D eigenvalue weighted by Gasteiger charge is 2.21. The first-order valence-electron chi connectivity index (χ1n) is 9.79. The Morgan fingerprint density at radius 1 is 1.03 bits per heavy atom. The molecule has 0 atom stereocenters. The van der Waals surface area contributed by atoms with Crippen molar-refractivity contribution < 1.29 is 18.7 Å². The topological polar surface area (TPSA) is 73.6 Å². The molecule has 0 aliphatic carbocycles. The van der Waals surface area contributed by atoms with Crippen LogP contribution < -0.4 is 14.8 Å². The molecule has 0 aliphatic rings. The predicted molar refractivity (Wildman–Crippen MR) is 121 cm³/mol. The molecule has 0 radical (unpaired) electrons. The van der Waals surface area contributed by atoms with Gasteiger partial charge in [0.1, 0.15) is 4.88 Å². The summed E-state index contributed by atoms with van der Waals surface area (Å²) < 4.78 is 16.1. The van der Waals surface area contributed by atoms with E-state index in [4.69, 9.17) is 13.9 Å². The van der Waals surface area contributed by atoms with Crippen molar-refractivity contribution in [3.63, 3.8) is 0 Å². The van der Waals surface area contributed by atoms with Crippen LogP contribution in [0.4, 0.5) is 0 Å². The Labute approximate surface area is 184 Å². The lowest BCUT2D eigenvalue weighted by atomic mass is 10.1. The van der Waals surface area contributed by atoms with Crippen LogP contribution in [0.25, 0.3) is 22.0 Å². The van der Waals surface area contributed by atoms with E-state index in [0.29, 0.717) is 45.8 Å². The zero-order valence-electron chi connectivity index (χ0n) is 17.3. The predicted octanol–water partition coefficient (Wildman–Crippen LogP) is 5.06. The van der Waals surface area contributed by atoms with Gasteiger partial charge in [0.25, 0.3) is 5.91 Å². The number of hydrogen-bond acceptors (Lipinski definition) is 6. The molecule has 0 aliphatic heterocycles. The molecule has 0 saturated carbocycles. The number of thiazole rings is 1. The fourth-order valence-electron chi connectivity index (χ4n) is 3.21. The van der Waals surface area contributed by atoms with Crippen LogP contribution in [0.5, 0.6) is 11.5 Å². The number of benzene rings is 2. The van der Waals surface area contributed by atoms with E-state index in [1.807, 2.05) is 60.7 Å². The van der Waals surface area contributed by atoms with Gasteiger partial charge in [0.2, 0.25) is 0 Å². The van der Waals surface area contributed by atoms with Crippen LogP contribution in [0, 0.1) is 0 Å². The van der Waals surface area contributed by atoms with Crippen molar-refractivity contribution in [1.82, 2.24) is 10.3 Å². The molecular formula is C24H22N2O4S. The minimum absolute atomic E-state index is 0.158. The van der Waals surface area contributed by atoms with Crippen molar-refractivity contribution in [2.24, 2.45) is 0 Å². The lowest BCUT2D eigenvalue weighted by molar-refractivity contribution is 0.0958. The van der Waals surface area contributed by atoms with Crippen LogP contribution in [0.2, 0.25) is 0 Å². The average molecular weight is 435 g/mol. The Kier molecular flexibility index (Phi) is 6.33. The summed E-state index contributed by atoms with van der Waals surface area (Å²) >= 11 is 1.32. The summed E-state index contributed by atoms with van der Waals surface area (Å²) in [6.07, 6.45) is 2.26. The lowest BCUT2D eigenvalue weighted by Gasteiger charge is -2.10. The Balaban J connectivity index is 1.51. The number of aromatic nitrogens is 1. The first kappa shape index (κ1) is 20.7. The maximum Gasteiger partial charge on any atom is 0.263 e. The lowest BCUT2D eigenvalue weighted by Crippen LogP contribution is -2.25. The van der Waals surface area contributed by atoms with Crippen molar-refractivity contribution in [2.75, 3.05) is 20.8 Å². The maximum absolute atomic E-state index is 13.0. The van der Waals surface area contributed by atoms with Crippen LogP contribution in [0.1, 0.15) is 15.2 Å². The number of furan rings is 1. The van der Waals surface area contributed by atoms with Crippen LogP contribution in [-0.4, -0.2) is 31.7 Å². The van der Waals surface area contributed by atoms with E-state index < -0.39 is 0 Å². The molecule has 0 fully saturated rings. The first-order valence-corrected chi connectivity index (χ1v) is 10.6. The zero-order chi connectivity index (χ0) is 21.6. The van der Waals surface area contributed by atoms with E-state index in [0.717, 1.165) is 11.1 Å². The van der Waals surface area contributed by atoms with Gasteiger partial charge in [0.15, 0.2) is 22.3 Å². The summed E-state index contributed by atoms with van der Waals surface area (Å²) in [6.45, 7) is 0.483. The van der Waals surface area contributed by atoms with E-state index in [1.165, 1.54) is 11.3 Å². The van der Waals surface area contributed by atoms with Gasteiger partial charge in [-0.2, -0.15) is 0 Å². The highest BCUT2D eigenvalue weighted by molar-refractivity contribution is 7.17. The summed E-state index contributed by atoms with van der Waals surface area (Å²) in [5.74, 6) is 1.84. The van der Waals surface area contributed by atoms with E-state index in [1.54, 1.807) is 20.5 Å². The number of nitrogens with one attached hydrogen (secondary N) is 1. The van der Waals surface area contributed by atoms with Crippen LogP contribution >= 0.6 is 11.3 Å². The number of ether oxygens (including phenoxy) is 2. The monoisotopic (exact) mass is 434 g/mol. The Hall–Kier alpha value is -3.58. The molecule has 1 amide bonds. The second-order valence-corrected chi connectivity index (χ2v) is 7.73. The van der Waals surface area contributed by atoms with Gasteiger partial charge < -0.3 is 19.2 Å². The summed E-state index contributed by atoms with van der Waals surface area (Å²) in [4.78, 5) is 18.3. The Morgan fingerprint density at radius 2 is 1.84 bits per heavy atom. The Morgan fingerprint density at radius 3 is 2.55 bits per heavy atom. The average Bonchev–Trinajstić information content (AvgIpc) is 3.49. The zero-order valence-corrected chi connectivity index (χ0v) is 18.1. The highest BCUT2D eigenvalue weighted by Crippen LogP contribution is 2.34. The molecule has 0 unspecified atom stereocenters. The van der Waals surface area contributed by atoms with E-state index in [9.17, 15) is 4.79 Å². The summed E-state index contributed by atoms with van der Waals surface area (Å²) in [5.41, 5.74) is 2.59. The molecule has 6 nitrogen and oxygen atoms in total. The third-order valence-electron chi connectivity index (χ3n) is 4.76. The SMILES string of the molecule is COc1ccc(CCNC(=O)c2sc(-c3ccco3)nc2-c2ccccc2)cc1OC. The van der Waals surface area contributed by atoms with E-state index in [2.05, 4.69) is 10.3 Å². The van der Waals surface area contributed by atoms with E-state index in [-0.39, 0.29) is 5.91 Å². The molecule has 0 bridgehead atoms.